The Kier molecular flexibility index (Phi) is 2.89. The molecular formula is C12H14ClNO2. The lowest BCUT2D eigenvalue weighted by Gasteiger charge is -2.12. The van der Waals surface area contributed by atoms with Crippen molar-refractivity contribution in [2.75, 3.05) is 6.61 Å². The molecule has 2 rings (SSSR count). The third-order valence-electron chi connectivity index (χ3n) is 2.88. The minimum atomic E-state index is -0.117. The highest BCUT2D eigenvalue weighted by atomic mass is 35.5. The van der Waals surface area contributed by atoms with E-state index in [9.17, 15) is 4.79 Å². The summed E-state index contributed by atoms with van der Waals surface area (Å²) in [5.74, 6) is 0.238. The lowest BCUT2D eigenvalue weighted by molar-refractivity contribution is 0.101. The van der Waals surface area contributed by atoms with Crippen LogP contribution in [0.4, 0.5) is 0 Å². The van der Waals surface area contributed by atoms with Crippen molar-refractivity contribution < 1.29 is 9.53 Å². The van der Waals surface area contributed by atoms with Crippen molar-refractivity contribution in [1.82, 2.24) is 4.98 Å². The van der Waals surface area contributed by atoms with Crippen molar-refractivity contribution in [3.05, 3.63) is 22.8 Å². The molecule has 0 bridgehead atoms. The second-order valence-corrected chi connectivity index (χ2v) is 5.04. The molecule has 1 saturated carbocycles. The number of Topliss-reactive ketones (excluding diaryl/α,β-unsaturated/α-hetero) is 1. The zero-order valence-corrected chi connectivity index (χ0v) is 10.2. The molecule has 0 radical (unpaired) electrons. The molecule has 0 amide bonds. The van der Waals surface area contributed by atoms with Crippen molar-refractivity contribution >= 4 is 17.4 Å². The van der Waals surface area contributed by atoms with Gasteiger partial charge in [0.05, 0.1) is 17.2 Å². The predicted octanol–water partition coefficient (Wildman–Crippen LogP) is 3.12. The molecule has 0 saturated heterocycles. The van der Waals surface area contributed by atoms with Gasteiger partial charge >= 0.3 is 0 Å². The highest BCUT2D eigenvalue weighted by Crippen LogP contribution is 2.45. The third kappa shape index (κ3) is 2.35. The van der Waals surface area contributed by atoms with Crippen molar-refractivity contribution in [3.63, 3.8) is 0 Å². The van der Waals surface area contributed by atoms with Crippen LogP contribution in [0.5, 0.6) is 5.88 Å². The molecule has 0 atom stereocenters. The van der Waals surface area contributed by atoms with E-state index in [4.69, 9.17) is 16.3 Å². The maximum Gasteiger partial charge on any atom is 0.225 e. The second-order valence-electron chi connectivity index (χ2n) is 4.63. The van der Waals surface area contributed by atoms with Crippen LogP contribution in [0.1, 0.15) is 37.0 Å². The first kappa shape index (κ1) is 11.4. The van der Waals surface area contributed by atoms with E-state index >= 15 is 0 Å². The number of hydrogen-bond acceptors (Lipinski definition) is 3. The smallest absolute Gasteiger partial charge is 0.225 e. The largest absolute Gasteiger partial charge is 0.477 e. The summed E-state index contributed by atoms with van der Waals surface area (Å²) in [6.07, 6.45) is 3.89. The number of carbonyl (C=O) groups excluding carboxylic acids is 1. The van der Waals surface area contributed by atoms with Crippen LogP contribution in [-0.4, -0.2) is 17.4 Å². The molecule has 0 N–H and O–H groups in total. The molecule has 3 nitrogen and oxygen atoms in total. The zero-order valence-electron chi connectivity index (χ0n) is 9.42. The predicted molar refractivity (Wildman–Crippen MR) is 62.1 cm³/mol. The fourth-order valence-corrected chi connectivity index (χ4v) is 1.72. The van der Waals surface area contributed by atoms with Gasteiger partial charge < -0.3 is 4.74 Å². The van der Waals surface area contributed by atoms with Crippen molar-refractivity contribution in [1.29, 1.82) is 0 Å². The Morgan fingerprint density at radius 3 is 2.88 bits per heavy atom. The summed E-state index contributed by atoms with van der Waals surface area (Å²) in [4.78, 5) is 15.5. The number of nitrogens with zero attached hydrogens (tertiary/aromatic N) is 1. The minimum absolute atomic E-state index is 0.117. The van der Waals surface area contributed by atoms with Gasteiger partial charge in [-0.3, -0.25) is 4.79 Å². The first-order valence-corrected chi connectivity index (χ1v) is 5.68. The molecule has 16 heavy (non-hydrogen) atoms. The van der Waals surface area contributed by atoms with Gasteiger partial charge in [-0.2, -0.15) is 0 Å². The van der Waals surface area contributed by atoms with E-state index in [0.29, 0.717) is 23.1 Å². The Labute approximate surface area is 99.8 Å². The number of halogens is 1. The lowest BCUT2D eigenvalue weighted by atomic mass is 10.1. The van der Waals surface area contributed by atoms with Gasteiger partial charge in [0.2, 0.25) is 5.88 Å². The van der Waals surface area contributed by atoms with Crippen LogP contribution < -0.4 is 4.74 Å². The van der Waals surface area contributed by atoms with Gasteiger partial charge in [-0.05, 0) is 25.8 Å². The molecule has 1 aliphatic carbocycles. The molecule has 1 aromatic rings. The van der Waals surface area contributed by atoms with Crippen molar-refractivity contribution in [2.24, 2.45) is 5.41 Å². The molecule has 0 aromatic carbocycles. The van der Waals surface area contributed by atoms with E-state index in [0.717, 1.165) is 0 Å². The van der Waals surface area contributed by atoms with Crippen LogP contribution in [0.3, 0.4) is 0 Å². The molecule has 1 aromatic heterocycles. The maximum atomic E-state index is 11.4. The van der Waals surface area contributed by atoms with E-state index < -0.39 is 0 Å². The van der Waals surface area contributed by atoms with E-state index in [1.54, 1.807) is 12.3 Å². The third-order valence-corrected chi connectivity index (χ3v) is 3.19. The highest BCUT2D eigenvalue weighted by molar-refractivity contribution is 6.34. The van der Waals surface area contributed by atoms with Gasteiger partial charge in [0, 0.05) is 11.6 Å². The Morgan fingerprint density at radius 2 is 2.31 bits per heavy atom. The maximum absolute atomic E-state index is 11.4. The topological polar surface area (TPSA) is 39.2 Å². The van der Waals surface area contributed by atoms with Crippen LogP contribution in [0.2, 0.25) is 5.02 Å². The summed E-state index contributed by atoms with van der Waals surface area (Å²) in [5.41, 5.74) is 0.645. The van der Waals surface area contributed by atoms with Gasteiger partial charge in [0.25, 0.3) is 0 Å². The van der Waals surface area contributed by atoms with E-state index in [1.807, 2.05) is 0 Å². The van der Waals surface area contributed by atoms with Gasteiger partial charge in [-0.1, -0.05) is 18.5 Å². The first-order valence-electron chi connectivity index (χ1n) is 5.30. The normalized spacial score (nSPS) is 16.9. The summed E-state index contributed by atoms with van der Waals surface area (Å²) >= 11 is 5.95. The number of ether oxygens (including phenoxy) is 1. The number of pyridine rings is 1. The van der Waals surface area contributed by atoms with Crippen LogP contribution in [0.25, 0.3) is 0 Å². The van der Waals surface area contributed by atoms with Crippen LogP contribution in [0, 0.1) is 5.41 Å². The molecular weight excluding hydrogens is 226 g/mol. The lowest BCUT2D eigenvalue weighted by Crippen LogP contribution is -2.12. The van der Waals surface area contributed by atoms with E-state index in [2.05, 4.69) is 11.9 Å². The number of hydrogen-bond donors (Lipinski definition) is 0. The zero-order chi connectivity index (χ0) is 11.8. The number of rotatable bonds is 4. The fraction of sp³-hybridized carbons (Fsp3) is 0.500. The van der Waals surface area contributed by atoms with E-state index in [-0.39, 0.29) is 11.2 Å². The molecule has 0 spiro atoms. The van der Waals surface area contributed by atoms with Crippen molar-refractivity contribution in [3.8, 4) is 5.88 Å². The number of carbonyl (C=O) groups is 1. The fourth-order valence-electron chi connectivity index (χ4n) is 1.45. The molecule has 86 valence electrons. The average molecular weight is 240 g/mol. The van der Waals surface area contributed by atoms with Gasteiger partial charge in [0.15, 0.2) is 5.78 Å². The molecule has 4 heteroatoms. The Balaban J connectivity index is 2.19. The molecule has 0 aliphatic heterocycles. The Morgan fingerprint density at radius 1 is 1.62 bits per heavy atom. The number of ketones is 1. The standard InChI is InChI=1S/C12H14ClNO2/c1-8(15)10-9(13)3-6-14-11(10)16-7-12(2)4-5-12/h3,6H,4-5,7H2,1-2H3. The van der Waals surface area contributed by atoms with Crippen LogP contribution >= 0.6 is 11.6 Å². The second kappa shape index (κ2) is 4.06. The quantitative estimate of drug-likeness (QED) is 0.758. The number of aromatic nitrogens is 1. The Bertz CT molecular complexity index is 427. The van der Waals surface area contributed by atoms with Crippen LogP contribution in [-0.2, 0) is 0 Å². The van der Waals surface area contributed by atoms with Crippen LogP contribution in [0.15, 0.2) is 12.3 Å². The van der Waals surface area contributed by atoms with Gasteiger partial charge in [0.1, 0.15) is 0 Å². The minimum Gasteiger partial charge on any atom is -0.477 e. The Hall–Kier alpha value is -1.09. The SMILES string of the molecule is CC(=O)c1c(Cl)ccnc1OCC1(C)CC1. The average Bonchev–Trinajstić information content (AvgIpc) is 2.94. The summed E-state index contributed by atoms with van der Waals surface area (Å²) in [7, 11) is 0. The van der Waals surface area contributed by atoms with Gasteiger partial charge in [-0.25, -0.2) is 4.98 Å². The van der Waals surface area contributed by atoms with Crippen molar-refractivity contribution in [2.45, 2.75) is 26.7 Å². The van der Waals surface area contributed by atoms with E-state index in [1.165, 1.54) is 19.8 Å². The summed E-state index contributed by atoms with van der Waals surface area (Å²) in [5, 5.41) is 0.401. The monoisotopic (exact) mass is 239 g/mol. The first-order chi connectivity index (χ1) is 7.52. The summed E-state index contributed by atoms with van der Waals surface area (Å²) in [6.45, 7) is 4.22. The molecule has 1 heterocycles. The highest BCUT2D eigenvalue weighted by Gasteiger charge is 2.38. The molecule has 0 unspecified atom stereocenters. The van der Waals surface area contributed by atoms with Gasteiger partial charge in [-0.15, -0.1) is 0 Å². The molecule has 1 aliphatic rings. The summed E-state index contributed by atoms with van der Waals surface area (Å²) < 4.78 is 5.59. The molecule has 1 fully saturated rings. The summed E-state index contributed by atoms with van der Waals surface area (Å²) in [6, 6.07) is 1.60.